The Morgan fingerprint density at radius 2 is 1.17 bits per heavy atom. The van der Waals surface area contributed by atoms with E-state index in [2.05, 4.69) is 159 Å². The van der Waals surface area contributed by atoms with Gasteiger partial charge in [-0.15, -0.1) is 0 Å². The van der Waals surface area contributed by atoms with E-state index in [4.69, 9.17) is 4.74 Å². The maximum absolute atomic E-state index is 6.35. The zero-order valence-corrected chi connectivity index (χ0v) is 26.5. The molecule has 0 radical (unpaired) electrons. The van der Waals surface area contributed by atoms with Gasteiger partial charge in [0.05, 0.1) is 4.83 Å². The molecule has 0 heterocycles. The zero-order valence-electron chi connectivity index (χ0n) is 10.7. The van der Waals surface area contributed by atoms with Crippen molar-refractivity contribution >= 4 is 159 Å². The summed E-state index contributed by atoms with van der Waals surface area (Å²) < 4.78 is 2.52. The van der Waals surface area contributed by atoms with Crippen LogP contribution in [0.4, 0.5) is 0 Å². The minimum absolute atomic E-state index is 0.261. The fourth-order valence-electron chi connectivity index (χ4n) is 1.95. The monoisotopic (exact) mass is 955 g/mol. The smallest absolute Gasteiger partial charge is 0.205 e. The Hall–Kier alpha value is 3.82. The molecule has 1 aromatic carbocycles. The van der Waals surface area contributed by atoms with E-state index >= 15 is 0 Å². The van der Waals surface area contributed by atoms with Crippen molar-refractivity contribution in [3.63, 3.8) is 0 Å². The van der Waals surface area contributed by atoms with Gasteiger partial charge in [-0.1, -0.05) is 162 Å². The van der Waals surface area contributed by atoms with Crippen molar-refractivity contribution in [3.05, 3.63) is 30.3 Å². The number of alkyl halides is 10. The molecule has 0 N–H and O–H groups in total. The van der Waals surface area contributed by atoms with Crippen LogP contribution in [-0.4, -0.2) is 22.3 Å². The first-order valence-corrected chi connectivity index (χ1v) is 13.9. The number of halogens is 10. The molecule has 1 fully saturated rings. The molecular weight excluding hydrogens is 959 g/mol. The molecule has 0 bridgehead atoms. The van der Waals surface area contributed by atoms with Gasteiger partial charge in [0.15, 0.2) is 3.23 Å². The minimum Gasteiger partial charge on any atom is -0.472 e. The standard InChI is InChI=1S/C12H6Br10O/c13-7-8(14,15)10(17,18)12(21,22)11(19,20)9(7,16)23-6-4-2-1-3-5-6/h1-5,7H. The molecule has 1 aliphatic rings. The third-order valence-corrected chi connectivity index (χ3v) is 24.4. The highest BCUT2D eigenvalue weighted by molar-refractivity contribution is 9.35. The molecule has 0 aromatic heterocycles. The van der Waals surface area contributed by atoms with Crippen molar-refractivity contribution in [2.75, 3.05) is 0 Å². The van der Waals surface area contributed by atoms with E-state index in [0.717, 1.165) is 5.75 Å². The highest BCUT2D eigenvalue weighted by atomic mass is 79.9. The quantitative estimate of drug-likeness (QED) is 0.270. The summed E-state index contributed by atoms with van der Waals surface area (Å²) in [6.07, 6.45) is 0. The molecule has 1 saturated carbocycles. The van der Waals surface area contributed by atoms with E-state index in [1.165, 1.54) is 0 Å². The van der Waals surface area contributed by atoms with Gasteiger partial charge in [-0.3, -0.25) is 0 Å². The van der Waals surface area contributed by atoms with Crippen LogP contribution in [0.3, 0.4) is 0 Å². The Kier molecular flexibility index (Phi) is 7.61. The van der Waals surface area contributed by atoms with Crippen LogP contribution in [0.25, 0.3) is 0 Å². The molecule has 0 aliphatic heterocycles. The predicted octanol–water partition coefficient (Wildman–Crippen LogP) is 8.88. The lowest BCUT2D eigenvalue weighted by Gasteiger charge is -2.62. The summed E-state index contributed by atoms with van der Waals surface area (Å²) in [5.74, 6) is 0.723. The van der Waals surface area contributed by atoms with Crippen LogP contribution in [-0.2, 0) is 0 Å². The lowest BCUT2D eigenvalue weighted by atomic mass is 9.95. The van der Waals surface area contributed by atoms with Gasteiger partial charge >= 0.3 is 0 Å². The molecule has 1 aromatic rings. The molecule has 1 aliphatic carbocycles. The van der Waals surface area contributed by atoms with Crippen LogP contribution in [0, 0.1) is 0 Å². The Labute approximate surface area is 218 Å². The van der Waals surface area contributed by atoms with Gasteiger partial charge in [-0.2, -0.15) is 0 Å². The van der Waals surface area contributed by atoms with E-state index in [1.54, 1.807) is 0 Å². The van der Waals surface area contributed by atoms with E-state index in [-0.39, 0.29) is 4.83 Å². The highest BCUT2D eigenvalue weighted by Crippen LogP contribution is 2.77. The fraction of sp³-hybridized carbons (Fsp3) is 0.500. The van der Waals surface area contributed by atoms with Gasteiger partial charge in [0, 0.05) is 0 Å². The second kappa shape index (κ2) is 7.58. The Morgan fingerprint density at radius 1 is 0.696 bits per heavy atom. The zero-order chi connectivity index (χ0) is 17.9. The molecule has 0 amide bonds. The van der Waals surface area contributed by atoms with Gasteiger partial charge in [0.25, 0.3) is 0 Å². The fourth-order valence-corrected chi connectivity index (χ4v) is 12.8. The number of benzene rings is 1. The van der Waals surface area contributed by atoms with Crippen molar-refractivity contribution in [3.8, 4) is 5.75 Å². The molecule has 2 atom stereocenters. The van der Waals surface area contributed by atoms with E-state index in [0.29, 0.717) is 0 Å². The van der Waals surface area contributed by atoms with E-state index in [1.807, 2.05) is 30.3 Å². The van der Waals surface area contributed by atoms with Crippen molar-refractivity contribution in [2.24, 2.45) is 0 Å². The molecular formula is C12H6Br10O. The van der Waals surface area contributed by atoms with Gasteiger partial charge in [-0.25, -0.2) is 0 Å². The first kappa shape index (κ1) is 23.1. The summed E-state index contributed by atoms with van der Waals surface area (Å²) in [6.45, 7) is 0. The molecule has 130 valence electrons. The molecule has 0 spiro atoms. The summed E-state index contributed by atoms with van der Waals surface area (Å²) in [6, 6.07) is 9.59. The minimum atomic E-state index is -0.924. The topological polar surface area (TPSA) is 9.23 Å². The van der Waals surface area contributed by atoms with Gasteiger partial charge in [0.2, 0.25) is 4.51 Å². The average molecular weight is 965 g/mol. The highest BCUT2D eigenvalue weighted by Gasteiger charge is 2.81. The van der Waals surface area contributed by atoms with Crippen LogP contribution in [0.15, 0.2) is 30.3 Å². The molecule has 1 nitrogen and oxygen atoms in total. The number of ether oxygens (including phenoxy) is 1. The normalized spacial score (nSPS) is 33.9. The van der Waals surface area contributed by atoms with Gasteiger partial charge < -0.3 is 4.74 Å². The lowest BCUT2D eigenvalue weighted by molar-refractivity contribution is 0.137. The summed E-state index contributed by atoms with van der Waals surface area (Å²) >= 11 is 37.7. The molecule has 2 unspecified atom stereocenters. The second-order valence-corrected chi connectivity index (χ2v) is 20.8. The van der Waals surface area contributed by atoms with Crippen LogP contribution < -0.4 is 4.74 Å². The maximum Gasteiger partial charge on any atom is 0.205 e. The molecule has 0 saturated heterocycles. The van der Waals surface area contributed by atoms with E-state index < -0.39 is 17.4 Å². The summed E-state index contributed by atoms with van der Waals surface area (Å²) in [7, 11) is 0. The van der Waals surface area contributed by atoms with Crippen LogP contribution in [0.5, 0.6) is 5.75 Å². The second-order valence-electron chi connectivity index (χ2n) is 4.77. The maximum atomic E-state index is 6.35. The van der Waals surface area contributed by atoms with Gasteiger partial charge in [0.1, 0.15) is 15.5 Å². The van der Waals surface area contributed by atoms with E-state index in [9.17, 15) is 0 Å². The van der Waals surface area contributed by atoms with Crippen LogP contribution >= 0.6 is 159 Å². The van der Waals surface area contributed by atoms with Gasteiger partial charge in [-0.05, 0) is 28.1 Å². The summed E-state index contributed by atoms with van der Waals surface area (Å²) in [5, 5.41) is 0. The third kappa shape index (κ3) is 3.49. The van der Waals surface area contributed by atoms with Crippen molar-refractivity contribution in [1.29, 1.82) is 0 Å². The molecule has 11 heteroatoms. The van der Waals surface area contributed by atoms with Crippen molar-refractivity contribution in [2.45, 2.75) is 22.3 Å². The Morgan fingerprint density at radius 3 is 1.65 bits per heavy atom. The first-order valence-electron chi connectivity index (χ1n) is 5.82. The van der Waals surface area contributed by atoms with Crippen LogP contribution in [0.1, 0.15) is 0 Å². The molecule has 23 heavy (non-hydrogen) atoms. The Bertz CT molecular complexity index is 587. The first-order chi connectivity index (χ1) is 10.2. The molecule has 2 rings (SSSR count). The van der Waals surface area contributed by atoms with Crippen LogP contribution in [0.2, 0.25) is 0 Å². The van der Waals surface area contributed by atoms with Crippen molar-refractivity contribution in [1.82, 2.24) is 0 Å². The van der Waals surface area contributed by atoms with Crippen molar-refractivity contribution < 1.29 is 4.74 Å². The SMILES string of the molecule is BrC1C(Br)(Br)C(Br)(Br)C(Br)(Br)C(Br)(Br)C1(Br)Oc1ccccc1. The lowest BCUT2D eigenvalue weighted by Crippen LogP contribution is -2.76. The number of para-hydroxylation sites is 1. The largest absolute Gasteiger partial charge is 0.472 e. The summed E-state index contributed by atoms with van der Waals surface area (Å²) in [5.41, 5.74) is 0. The number of hydrogen-bond donors (Lipinski definition) is 0. The summed E-state index contributed by atoms with van der Waals surface area (Å²) in [4.78, 5) is -0.261. The predicted molar refractivity (Wildman–Crippen MR) is 134 cm³/mol. The average Bonchev–Trinajstić information content (AvgIpc) is 2.45. The Balaban J connectivity index is 2.62. The third-order valence-electron chi connectivity index (χ3n) is 3.29. The number of rotatable bonds is 2. The number of hydrogen-bond acceptors (Lipinski definition) is 1.